The van der Waals surface area contributed by atoms with E-state index in [0.717, 1.165) is 0 Å². The Hall–Kier alpha value is -1.36. The zero-order valence-electron chi connectivity index (χ0n) is 6.94. The lowest BCUT2D eigenvalue weighted by atomic mass is 10.7. The van der Waals surface area contributed by atoms with Crippen LogP contribution in [0.4, 0.5) is 0 Å². The van der Waals surface area contributed by atoms with Gasteiger partial charge in [0.05, 0.1) is 12.4 Å². The minimum Gasteiger partial charge on any atom is -0.258 e. The minimum absolute atomic E-state index is 0.232. The van der Waals surface area contributed by atoms with E-state index in [1.807, 2.05) is 6.92 Å². The Bertz CT molecular complexity index is 501. The summed E-state index contributed by atoms with van der Waals surface area (Å²) in [5.74, 6) is 0. The molecule has 0 aliphatic heterocycles. The van der Waals surface area contributed by atoms with E-state index in [1.165, 1.54) is 21.5 Å². The number of aromatic nitrogens is 4. The standard InChI is InChI=1S/C7H7ClN4O/c1-2-11-7(13)12-5(8)3-9-4-6(12)10-11/h3-4H,2H2,1H3. The van der Waals surface area contributed by atoms with Gasteiger partial charge in [0.25, 0.3) is 0 Å². The van der Waals surface area contributed by atoms with Gasteiger partial charge in [0.15, 0.2) is 5.65 Å². The van der Waals surface area contributed by atoms with Crippen LogP contribution in [0.25, 0.3) is 5.65 Å². The fourth-order valence-electron chi connectivity index (χ4n) is 1.14. The summed E-state index contributed by atoms with van der Waals surface area (Å²) >= 11 is 5.78. The van der Waals surface area contributed by atoms with Gasteiger partial charge in [-0.1, -0.05) is 11.6 Å². The first-order valence-electron chi connectivity index (χ1n) is 3.83. The van der Waals surface area contributed by atoms with Crippen LogP contribution in [0.15, 0.2) is 17.2 Å². The highest BCUT2D eigenvalue weighted by Gasteiger charge is 2.07. The molecule has 0 saturated heterocycles. The van der Waals surface area contributed by atoms with Gasteiger partial charge in [-0.05, 0) is 6.92 Å². The second-order valence-electron chi connectivity index (χ2n) is 2.52. The van der Waals surface area contributed by atoms with Crippen molar-refractivity contribution in [2.45, 2.75) is 13.5 Å². The summed E-state index contributed by atoms with van der Waals surface area (Å²) in [6, 6.07) is 0. The molecule has 0 spiro atoms. The highest BCUT2D eigenvalue weighted by Crippen LogP contribution is 2.05. The van der Waals surface area contributed by atoms with Gasteiger partial charge in [-0.3, -0.25) is 4.98 Å². The molecule has 0 atom stereocenters. The van der Waals surface area contributed by atoms with Crippen LogP contribution in [0, 0.1) is 0 Å². The summed E-state index contributed by atoms with van der Waals surface area (Å²) < 4.78 is 2.65. The van der Waals surface area contributed by atoms with Crippen LogP contribution in [-0.2, 0) is 6.54 Å². The van der Waals surface area contributed by atoms with E-state index in [4.69, 9.17) is 11.6 Å². The van der Waals surface area contributed by atoms with Gasteiger partial charge in [-0.25, -0.2) is 13.9 Å². The van der Waals surface area contributed by atoms with Gasteiger partial charge in [-0.2, -0.15) is 0 Å². The zero-order chi connectivity index (χ0) is 9.42. The second kappa shape index (κ2) is 2.85. The van der Waals surface area contributed by atoms with Crippen LogP contribution >= 0.6 is 11.6 Å². The van der Waals surface area contributed by atoms with Gasteiger partial charge in [0.2, 0.25) is 0 Å². The van der Waals surface area contributed by atoms with Crippen LogP contribution < -0.4 is 5.69 Å². The highest BCUT2D eigenvalue weighted by molar-refractivity contribution is 6.29. The third kappa shape index (κ3) is 1.12. The number of fused-ring (bicyclic) bond motifs is 1. The maximum Gasteiger partial charge on any atom is 0.351 e. The Morgan fingerprint density at radius 1 is 1.54 bits per heavy atom. The van der Waals surface area contributed by atoms with Gasteiger partial charge in [-0.15, -0.1) is 5.10 Å². The van der Waals surface area contributed by atoms with Crippen LogP contribution in [0.5, 0.6) is 0 Å². The number of rotatable bonds is 1. The molecule has 13 heavy (non-hydrogen) atoms. The Balaban J connectivity index is 2.93. The maximum absolute atomic E-state index is 11.5. The first-order valence-corrected chi connectivity index (χ1v) is 4.21. The van der Waals surface area contributed by atoms with E-state index in [9.17, 15) is 4.79 Å². The van der Waals surface area contributed by atoms with E-state index in [0.29, 0.717) is 12.2 Å². The summed E-state index contributed by atoms with van der Waals surface area (Å²) in [6.07, 6.45) is 2.91. The molecule has 0 bridgehead atoms. The first-order chi connectivity index (χ1) is 6.24. The fourth-order valence-corrected chi connectivity index (χ4v) is 1.35. The van der Waals surface area contributed by atoms with E-state index in [1.54, 1.807) is 0 Å². The first kappa shape index (κ1) is 8.25. The molecule has 0 amide bonds. The molecule has 0 fully saturated rings. The van der Waals surface area contributed by atoms with Gasteiger partial charge in [0.1, 0.15) is 5.15 Å². The van der Waals surface area contributed by atoms with Crippen molar-refractivity contribution in [3.05, 3.63) is 28.0 Å². The van der Waals surface area contributed by atoms with Crippen LogP contribution in [0.1, 0.15) is 6.92 Å². The molecular weight excluding hydrogens is 192 g/mol. The highest BCUT2D eigenvalue weighted by atomic mass is 35.5. The predicted molar refractivity (Wildman–Crippen MR) is 47.9 cm³/mol. The monoisotopic (exact) mass is 198 g/mol. The summed E-state index contributed by atoms with van der Waals surface area (Å²) in [4.78, 5) is 15.4. The van der Waals surface area contributed by atoms with Crippen LogP contribution in [0.3, 0.4) is 0 Å². The summed E-state index contributed by atoms with van der Waals surface area (Å²) in [7, 11) is 0. The second-order valence-corrected chi connectivity index (χ2v) is 2.91. The number of aryl methyl sites for hydroxylation is 1. The molecule has 0 aromatic carbocycles. The van der Waals surface area contributed by atoms with E-state index in [2.05, 4.69) is 10.1 Å². The fraction of sp³-hybridized carbons (Fsp3) is 0.286. The van der Waals surface area contributed by atoms with Gasteiger partial charge >= 0.3 is 5.69 Å². The molecule has 6 heteroatoms. The maximum atomic E-state index is 11.5. The lowest BCUT2D eigenvalue weighted by molar-refractivity contribution is 0.633. The summed E-state index contributed by atoms with van der Waals surface area (Å²) in [5, 5.41) is 4.29. The quantitative estimate of drug-likeness (QED) is 0.673. The number of hydrogen-bond donors (Lipinski definition) is 0. The van der Waals surface area contributed by atoms with Crippen LogP contribution in [-0.4, -0.2) is 19.2 Å². The summed E-state index contributed by atoms with van der Waals surface area (Å²) in [5.41, 5.74) is 0.240. The van der Waals surface area contributed by atoms with Gasteiger partial charge < -0.3 is 0 Å². The van der Waals surface area contributed by atoms with Crippen molar-refractivity contribution in [2.24, 2.45) is 0 Å². The zero-order valence-corrected chi connectivity index (χ0v) is 7.69. The molecule has 0 aliphatic carbocycles. The molecule has 2 heterocycles. The average Bonchev–Trinajstić information content (AvgIpc) is 2.44. The smallest absolute Gasteiger partial charge is 0.258 e. The van der Waals surface area contributed by atoms with Crippen molar-refractivity contribution in [2.75, 3.05) is 0 Å². The van der Waals surface area contributed by atoms with Crippen LogP contribution in [0.2, 0.25) is 5.15 Å². The third-order valence-corrected chi connectivity index (χ3v) is 2.02. The van der Waals surface area contributed by atoms with Gasteiger partial charge in [0, 0.05) is 6.54 Å². The number of nitrogens with zero attached hydrogens (tertiary/aromatic N) is 4. The number of halogens is 1. The molecule has 2 aromatic heterocycles. The van der Waals surface area contributed by atoms with Crippen molar-refractivity contribution < 1.29 is 0 Å². The van der Waals surface area contributed by atoms with Crippen molar-refractivity contribution in [1.29, 1.82) is 0 Å². The molecule has 0 unspecified atom stereocenters. The molecule has 0 radical (unpaired) electrons. The lowest BCUT2D eigenvalue weighted by Gasteiger charge is -1.90. The number of hydrogen-bond acceptors (Lipinski definition) is 3. The largest absolute Gasteiger partial charge is 0.351 e. The van der Waals surface area contributed by atoms with Crippen molar-refractivity contribution in [3.63, 3.8) is 0 Å². The minimum atomic E-state index is -0.232. The van der Waals surface area contributed by atoms with E-state index < -0.39 is 0 Å². The molecule has 68 valence electrons. The summed E-state index contributed by atoms with van der Waals surface area (Å²) in [6.45, 7) is 2.37. The van der Waals surface area contributed by atoms with Crippen molar-refractivity contribution in [1.82, 2.24) is 19.2 Å². The molecule has 2 aromatic rings. The SMILES string of the molecule is CCn1nc2cncc(Cl)n2c1=O. The molecular formula is C7H7ClN4O. The molecule has 2 rings (SSSR count). The van der Waals surface area contributed by atoms with E-state index in [-0.39, 0.29) is 10.8 Å². The molecule has 5 nitrogen and oxygen atoms in total. The topological polar surface area (TPSA) is 52.2 Å². The normalized spacial score (nSPS) is 10.9. The Labute approximate surface area is 78.6 Å². The Morgan fingerprint density at radius 3 is 2.92 bits per heavy atom. The molecule has 0 saturated carbocycles. The predicted octanol–water partition coefficient (Wildman–Crippen LogP) is 0.564. The van der Waals surface area contributed by atoms with Crippen molar-refractivity contribution >= 4 is 17.2 Å². The van der Waals surface area contributed by atoms with E-state index >= 15 is 0 Å². The average molecular weight is 199 g/mol. The lowest BCUT2D eigenvalue weighted by Crippen LogP contribution is -2.20. The Kier molecular flexibility index (Phi) is 1.81. The third-order valence-electron chi connectivity index (χ3n) is 1.75. The molecule has 0 N–H and O–H groups in total. The Morgan fingerprint density at radius 2 is 2.31 bits per heavy atom. The van der Waals surface area contributed by atoms with Crippen molar-refractivity contribution in [3.8, 4) is 0 Å². The molecule has 0 aliphatic rings.